The van der Waals surface area contributed by atoms with E-state index in [1.807, 2.05) is 0 Å². The van der Waals surface area contributed by atoms with Gasteiger partial charge in [0.05, 0.1) is 11.3 Å². The molecule has 0 aliphatic rings. The molecule has 0 spiro atoms. The monoisotopic (exact) mass is 253 g/mol. The van der Waals surface area contributed by atoms with E-state index < -0.39 is 11.7 Å². The van der Waals surface area contributed by atoms with Crippen LogP contribution < -0.4 is 5.32 Å². The van der Waals surface area contributed by atoms with Crippen LogP contribution in [0.15, 0.2) is 18.2 Å². The first kappa shape index (κ1) is 13.4. The number of hydrogen-bond donors (Lipinski definition) is 2. The summed E-state index contributed by atoms with van der Waals surface area (Å²) in [5, 5.41) is 12.0. The van der Waals surface area contributed by atoms with Crippen molar-refractivity contribution in [1.82, 2.24) is 5.32 Å². The number of hydrogen-bond acceptors (Lipinski definition) is 3. The zero-order valence-corrected chi connectivity index (χ0v) is 9.89. The van der Waals surface area contributed by atoms with Crippen LogP contribution in [0.3, 0.4) is 0 Å². The molecule has 1 amide bonds. The van der Waals surface area contributed by atoms with Crippen molar-refractivity contribution in [3.8, 4) is 18.1 Å². The minimum Gasteiger partial charge on any atom is -0.507 e. The van der Waals surface area contributed by atoms with Gasteiger partial charge in [0, 0.05) is 18.4 Å². The highest BCUT2D eigenvalue weighted by Gasteiger charge is 2.10. The Labute approximate surface area is 103 Å². The molecule has 0 saturated heterocycles. The molecule has 0 aliphatic heterocycles. The lowest BCUT2D eigenvalue weighted by Gasteiger charge is -2.06. The first-order chi connectivity index (χ1) is 8.15. The lowest BCUT2D eigenvalue weighted by atomic mass is 10.2. The van der Waals surface area contributed by atoms with Gasteiger partial charge in [0.15, 0.2) is 0 Å². The molecule has 0 unspecified atom stereocenters. The van der Waals surface area contributed by atoms with Gasteiger partial charge in [0.2, 0.25) is 0 Å². The van der Waals surface area contributed by atoms with Gasteiger partial charge in [0.25, 0.3) is 5.91 Å². The molecule has 0 fully saturated rings. The third-order valence-corrected chi connectivity index (χ3v) is 2.79. The Kier molecular flexibility index (Phi) is 5.37. The van der Waals surface area contributed by atoms with E-state index in [2.05, 4.69) is 11.2 Å². The molecule has 1 aromatic rings. The average molecular weight is 253 g/mol. The number of terminal acetylenes is 1. The Morgan fingerprint density at radius 3 is 3.00 bits per heavy atom. The molecular formula is C12H12FNO2S. The Morgan fingerprint density at radius 2 is 2.35 bits per heavy atom. The highest BCUT2D eigenvalue weighted by Crippen LogP contribution is 2.17. The number of carbonyl (C=O) groups excluding carboxylic acids is 1. The number of carbonyl (C=O) groups is 1. The smallest absolute Gasteiger partial charge is 0.255 e. The fraction of sp³-hybridized carbons (Fsp3) is 0.250. The Morgan fingerprint density at radius 1 is 1.59 bits per heavy atom. The number of aromatic hydroxyl groups is 1. The van der Waals surface area contributed by atoms with Crippen molar-refractivity contribution in [1.29, 1.82) is 0 Å². The van der Waals surface area contributed by atoms with Crippen LogP contribution in [0.25, 0.3) is 0 Å². The van der Waals surface area contributed by atoms with Gasteiger partial charge in [-0.2, -0.15) is 0 Å². The topological polar surface area (TPSA) is 49.3 Å². The van der Waals surface area contributed by atoms with Gasteiger partial charge < -0.3 is 10.4 Å². The lowest BCUT2D eigenvalue weighted by Crippen LogP contribution is -2.25. The number of thioether (sulfide) groups is 1. The molecule has 0 bridgehead atoms. The molecule has 17 heavy (non-hydrogen) atoms. The van der Waals surface area contributed by atoms with Crippen LogP contribution in [-0.2, 0) is 0 Å². The number of halogens is 1. The van der Waals surface area contributed by atoms with E-state index in [-0.39, 0.29) is 11.3 Å². The van der Waals surface area contributed by atoms with Gasteiger partial charge in [-0.1, -0.05) is 5.92 Å². The molecule has 0 aliphatic carbocycles. The second-order valence-corrected chi connectivity index (χ2v) is 4.28. The van der Waals surface area contributed by atoms with E-state index >= 15 is 0 Å². The first-order valence-corrected chi connectivity index (χ1v) is 6.08. The minimum atomic E-state index is -0.580. The maximum atomic E-state index is 12.7. The first-order valence-electron chi connectivity index (χ1n) is 4.93. The van der Waals surface area contributed by atoms with E-state index in [9.17, 15) is 14.3 Å². The minimum absolute atomic E-state index is 0.0633. The molecule has 1 aromatic carbocycles. The van der Waals surface area contributed by atoms with Crippen LogP contribution >= 0.6 is 11.8 Å². The second-order valence-electron chi connectivity index (χ2n) is 3.17. The summed E-state index contributed by atoms with van der Waals surface area (Å²) in [6.45, 7) is 0.446. The zero-order valence-electron chi connectivity index (χ0n) is 9.07. The van der Waals surface area contributed by atoms with Crippen molar-refractivity contribution in [3.05, 3.63) is 29.6 Å². The summed E-state index contributed by atoms with van der Waals surface area (Å²) in [5.41, 5.74) is 0.0633. The fourth-order valence-electron chi connectivity index (χ4n) is 1.16. The quantitative estimate of drug-likeness (QED) is 0.619. The summed E-state index contributed by atoms with van der Waals surface area (Å²) in [4.78, 5) is 11.6. The van der Waals surface area contributed by atoms with Gasteiger partial charge in [-0.25, -0.2) is 4.39 Å². The molecule has 0 aromatic heterocycles. The summed E-state index contributed by atoms with van der Waals surface area (Å²) in [5.74, 6) is 2.39. The zero-order chi connectivity index (χ0) is 12.7. The van der Waals surface area contributed by atoms with Crippen LogP contribution in [0, 0.1) is 18.2 Å². The van der Waals surface area contributed by atoms with Gasteiger partial charge >= 0.3 is 0 Å². The summed E-state index contributed by atoms with van der Waals surface area (Å²) < 4.78 is 12.7. The summed E-state index contributed by atoms with van der Waals surface area (Å²) in [7, 11) is 0. The Hall–Kier alpha value is -1.67. The average Bonchev–Trinajstić information content (AvgIpc) is 2.28. The maximum absolute atomic E-state index is 12.7. The fourth-order valence-corrected chi connectivity index (χ4v) is 1.67. The van der Waals surface area contributed by atoms with Crippen molar-refractivity contribution in [2.75, 3.05) is 18.1 Å². The molecule has 90 valence electrons. The second kappa shape index (κ2) is 6.81. The van der Waals surface area contributed by atoms with E-state index in [1.165, 1.54) is 17.8 Å². The van der Waals surface area contributed by atoms with Crippen molar-refractivity contribution < 1.29 is 14.3 Å². The molecule has 1 rings (SSSR count). The normalized spacial score (nSPS) is 9.65. The van der Waals surface area contributed by atoms with Gasteiger partial charge in [0.1, 0.15) is 11.6 Å². The van der Waals surface area contributed by atoms with Crippen LogP contribution in [0.5, 0.6) is 5.75 Å². The van der Waals surface area contributed by atoms with E-state index in [0.29, 0.717) is 18.1 Å². The van der Waals surface area contributed by atoms with Gasteiger partial charge in [-0.15, -0.1) is 18.2 Å². The third-order valence-electron chi connectivity index (χ3n) is 1.92. The maximum Gasteiger partial charge on any atom is 0.255 e. The number of phenols is 1. The highest BCUT2D eigenvalue weighted by atomic mass is 32.2. The van der Waals surface area contributed by atoms with Crippen LogP contribution in [0.2, 0.25) is 0 Å². The number of phenolic OH excluding ortho intramolecular Hbond substituents is 1. The standard InChI is InChI=1S/C12H12FNO2S/c1-2-6-17-7-5-14-12(16)10-4-3-9(13)8-11(10)15/h1,3-4,8,15H,5-7H2,(H,14,16). The third kappa shape index (κ3) is 4.37. The molecule has 2 N–H and O–H groups in total. The van der Waals surface area contributed by atoms with Crippen molar-refractivity contribution in [3.63, 3.8) is 0 Å². The molecule has 0 atom stereocenters. The molecule has 0 heterocycles. The van der Waals surface area contributed by atoms with Gasteiger partial charge in [-0.05, 0) is 12.1 Å². The largest absolute Gasteiger partial charge is 0.507 e. The van der Waals surface area contributed by atoms with Crippen LogP contribution in [0.4, 0.5) is 4.39 Å². The Bertz CT molecular complexity index is 443. The van der Waals surface area contributed by atoms with E-state index in [1.54, 1.807) is 0 Å². The summed E-state index contributed by atoms with van der Waals surface area (Å²) in [6.07, 6.45) is 5.07. The van der Waals surface area contributed by atoms with E-state index in [4.69, 9.17) is 6.42 Å². The molecule has 5 heteroatoms. The van der Waals surface area contributed by atoms with Gasteiger partial charge in [-0.3, -0.25) is 4.79 Å². The van der Waals surface area contributed by atoms with Crippen molar-refractivity contribution in [2.45, 2.75) is 0 Å². The molecule has 0 radical (unpaired) electrons. The van der Waals surface area contributed by atoms with Crippen LogP contribution in [0.1, 0.15) is 10.4 Å². The lowest BCUT2D eigenvalue weighted by molar-refractivity contribution is 0.0953. The van der Waals surface area contributed by atoms with Crippen molar-refractivity contribution >= 4 is 17.7 Å². The SMILES string of the molecule is C#CCSCCNC(=O)c1ccc(F)cc1O. The van der Waals surface area contributed by atoms with E-state index in [0.717, 1.165) is 12.1 Å². The van der Waals surface area contributed by atoms with Crippen molar-refractivity contribution in [2.24, 2.45) is 0 Å². The molecule has 3 nitrogen and oxygen atoms in total. The Balaban J connectivity index is 2.45. The number of amides is 1. The predicted molar refractivity (Wildman–Crippen MR) is 66.6 cm³/mol. The summed E-state index contributed by atoms with van der Waals surface area (Å²) >= 11 is 1.52. The number of rotatable bonds is 5. The summed E-state index contributed by atoms with van der Waals surface area (Å²) in [6, 6.07) is 3.28. The number of nitrogens with one attached hydrogen (secondary N) is 1. The number of benzene rings is 1. The molecule has 0 saturated carbocycles. The van der Waals surface area contributed by atoms with Crippen LogP contribution in [-0.4, -0.2) is 29.1 Å². The molecular weight excluding hydrogens is 241 g/mol. The predicted octanol–water partition coefficient (Wildman–Crippen LogP) is 1.63. The highest BCUT2D eigenvalue weighted by molar-refractivity contribution is 7.99.